The van der Waals surface area contributed by atoms with Crippen LogP contribution in [0.15, 0.2) is 53.1 Å². The van der Waals surface area contributed by atoms with Gasteiger partial charge in [0.05, 0.1) is 32.9 Å². The molecule has 1 N–H and O–H groups in total. The molecule has 33 heavy (non-hydrogen) atoms. The topological polar surface area (TPSA) is 86.1 Å². The molecule has 4 rings (SSSR count). The van der Waals surface area contributed by atoms with Gasteiger partial charge in [-0.3, -0.25) is 9.69 Å². The van der Waals surface area contributed by atoms with E-state index in [-0.39, 0.29) is 17.6 Å². The van der Waals surface area contributed by atoms with Crippen LogP contribution < -0.4 is 19.5 Å². The van der Waals surface area contributed by atoms with Gasteiger partial charge >= 0.3 is 0 Å². The molecule has 0 saturated carbocycles. The standard InChI is InChI=1S/C25H29N3O5/c1-30-18-8-6-7-17(13-18)22(28-11-4-5-12-28)16-26-25(29)21-15-24(33-27-21)20-14-19(31-2)9-10-23(20)32-3/h6-10,13-15,22H,4-5,11-12,16H2,1-3H3,(H,26,29). The summed E-state index contributed by atoms with van der Waals surface area (Å²) in [6.45, 7) is 2.46. The molecule has 1 aliphatic rings. The van der Waals surface area contributed by atoms with Gasteiger partial charge in [0.15, 0.2) is 11.5 Å². The van der Waals surface area contributed by atoms with Gasteiger partial charge in [-0.2, -0.15) is 0 Å². The number of amides is 1. The third-order valence-corrected chi connectivity index (χ3v) is 5.93. The van der Waals surface area contributed by atoms with E-state index in [4.69, 9.17) is 18.7 Å². The molecule has 2 aromatic carbocycles. The number of hydrogen-bond acceptors (Lipinski definition) is 7. The molecule has 2 heterocycles. The summed E-state index contributed by atoms with van der Waals surface area (Å²) in [6, 6.07) is 15.0. The fourth-order valence-corrected chi connectivity index (χ4v) is 4.16. The molecule has 3 aromatic rings. The summed E-state index contributed by atoms with van der Waals surface area (Å²) >= 11 is 0. The van der Waals surface area contributed by atoms with Crippen molar-refractivity contribution in [3.8, 4) is 28.6 Å². The average molecular weight is 452 g/mol. The molecule has 0 spiro atoms. The van der Waals surface area contributed by atoms with Crippen molar-refractivity contribution in [2.75, 3.05) is 41.0 Å². The predicted octanol–water partition coefficient (Wildman–Crippen LogP) is 3.93. The highest BCUT2D eigenvalue weighted by Gasteiger charge is 2.25. The Morgan fingerprint density at radius 2 is 1.79 bits per heavy atom. The summed E-state index contributed by atoms with van der Waals surface area (Å²) in [7, 11) is 4.82. The van der Waals surface area contributed by atoms with Crippen LogP contribution in [-0.2, 0) is 0 Å². The maximum Gasteiger partial charge on any atom is 0.273 e. The van der Waals surface area contributed by atoms with Gasteiger partial charge in [0, 0.05) is 12.6 Å². The molecular formula is C25H29N3O5. The molecule has 1 fully saturated rings. The molecule has 0 aliphatic carbocycles. The number of likely N-dealkylation sites (tertiary alicyclic amines) is 1. The molecule has 1 aliphatic heterocycles. The van der Waals surface area contributed by atoms with Crippen molar-refractivity contribution >= 4 is 5.91 Å². The Labute approximate surface area is 193 Å². The minimum absolute atomic E-state index is 0.0522. The van der Waals surface area contributed by atoms with E-state index in [0.29, 0.717) is 29.4 Å². The Morgan fingerprint density at radius 1 is 1.03 bits per heavy atom. The first kappa shape index (κ1) is 22.7. The number of hydrogen-bond donors (Lipinski definition) is 1. The van der Waals surface area contributed by atoms with Gasteiger partial charge < -0.3 is 24.1 Å². The summed E-state index contributed by atoms with van der Waals surface area (Å²) < 4.78 is 21.6. The zero-order valence-corrected chi connectivity index (χ0v) is 19.2. The quantitative estimate of drug-likeness (QED) is 0.527. The van der Waals surface area contributed by atoms with Crippen LogP contribution in [0.4, 0.5) is 0 Å². The van der Waals surface area contributed by atoms with Crippen molar-refractivity contribution in [2.24, 2.45) is 0 Å². The van der Waals surface area contributed by atoms with Crippen LogP contribution in [0.1, 0.15) is 34.9 Å². The van der Waals surface area contributed by atoms with E-state index in [0.717, 1.165) is 37.2 Å². The molecule has 8 heteroatoms. The number of carbonyl (C=O) groups is 1. The van der Waals surface area contributed by atoms with Crippen LogP contribution >= 0.6 is 0 Å². The van der Waals surface area contributed by atoms with E-state index in [1.807, 2.05) is 18.2 Å². The molecule has 1 aromatic heterocycles. The molecule has 0 bridgehead atoms. The Morgan fingerprint density at radius 3 is 2.52 bits per heavy atom. The van der Waals surface area contributed by atoms with Gasteiger partial charge in [0.1, 0.15) is 17.2 Å². The van der Waals surface area contributed by atoms with Crippen molar-refractivity contribution in [1.82, 2.24) is 15.4 Å². The van der Waals surface area contributed by atoms with Gasteiger partial charge in [-0.1, -0.05) is 17.3 Å². The smallest absolute Gasteiger partial charge is 0.273 e. The zero-order valence-electron chi connectivity index (χ0n) is 19.2. The number of methoxy groups -OCH3 is 3. The highest BCUT2D eigenvalue weighted by atomic mass is 16.5. The van der Waals surface area contributed by atoms with Crippen molar-refractivity contribution in [3.05, 3.63) is 59.8 Å². The Kier molecular flexibility index (Phi) is 7.14. The highest BCUT2D eigenvalue weighted by Crippen LogP contribution is 2.34. The minimum atomic E-state index is -0.293. The van der Waals surface area contributed by atoms with Gasteiger partial charge in [-0.05, 0) is 61.8 Å². The van der Waals surface area contributed by atoms with E-state index in [1.54, 1.807) is 45.6 Å². The van der Waals surface area contributed by atoms with Crippen LogP contribution in [0, 0.1) is 0 Å². The summed E-state index contributed by atoms with van der Waals surface area (Å²) in [5, 5.41) is 7.01. The van der Waals surface area contributed by atoms with Crippen LogP contribution in [0.3, 0.4) is 0 Å². The van der Waals surface area contributed by atoms with Gasteiger partial charge in [0.25, 0.3) is 5.91 Å². The number of rotatable bonds is 9. The lowest BCUT2D eigenvalue weighted by molar-refractivity contribution is 0.0929. The number of ether oxygens (including phenoxy) is 3. The van der Waals surface area contributed by atoms with Crippen molar-refractivity contribution in [1.29, 1.82) is 0 Å². The van der Waals surface area contributed by atoms with Gasteiger partial charge in [-0.25, -0.2) is 0 Å². The molecule has 1 atom stereocenters. The molecule has 174 valence electrons. The van der Waals surface area contributed by atoms with Crippen molar-refractivity contribution < 1.29 is 23.5 Å². The molecular weight excluding hydrogens is 422 g/mol. The average Bonchev–Trinajstić information content (AvgIpc) is 3.57. The zero-order chi connectivity index (χ0) is 23.2. The predicted molar refractivity (Wildman–Crippen MR) is 124 cm³/mol. The van der Waals surface area contributed by atoms with Crippen LogP contribution in [0.2, 0.25) is 0 Å². The second-order valence-corrected chi connectivity index (χ2v) is 7.89. The van der Waals surface area contributed by atoms with E-state index >= 15 is 0 Å². The number of nitrogens with one attached hydrogen (secondary N) is 1. The lowest BCUT2D eigenvalue weighted by Gasteiger charge is -2.28. The van der Waals surface area contributed by atoms with Crippen molar-refractivity contribution in [2.45, 2.75) is 18.9 Å². The maximum absolute atomic E-state index is 12.9. The monoisotopic (exact) mass is 451 g/mol. The van der Waals surface area contributed by atoms with E-state index in [9.17, 15) is 4.79 Å². The lowest BCUT2D eigenvalue weighted by atomic mass is 10.0. The normalized spacial score (nSPS) is 14.6. The van der Waals surface area contributed by atoms with Gasteiger partial charge in [0.2, 0.25) is 0 Å². The van der Waals surface area contributed by atoms with Gasteiger partial charge in [-0.15, -0.1) is 0 Å². The molecule has 1 amide bonds. The van der Waals surface area contributed by atoms with E-state index in [1.165, 1.54) is 0 Å². The Hall–Kier alpha value is -3.52. The first-order chi connectivity index (χ1) is 16.1. The SMILES string of the molecule is COc1cccc(C(CNC(=O)c2cc(-c3cc(OC)ccc3OC)on2)N2CCCC2)c1. The number of aromatic nitrogens is 1. The fraction of sp³-hybridized carbons (Fsp3) is 0.360. The second kappa shape index (κ2) is 10.4. The van der Waals surface area contributed by atoms with Crippen LogP contribution in [0.25, 0.3) is 11.3 Å². The Bertz CT molecular complexity index is 1090. The van der Waals surface area contributed by atoms with E-state index in [2.05, 4.69) is 21.4 Å². The summed E-state index contributed by atoms with van der Waals surface area (Å²) in [6.07, 6.45) is 2.31. The van der Waals surface area contributed by atoms with Crippen molar-refractivity contribution in [3.63, 3.8) is 0 Å². The van der Waals surface area contributed by atoms with E-state index < -0.39 is 0 Å². The number of carbonyl (C=O) groups excluding carboxylic acids is 1. The first-order valence-corrected chi connectivity index (χ1v) is 11.0. The largest absolute Gasteiger partial charge is 0.497 e. The summed E-state index contributed by atoms with van der Waals surface area (Å²) in [4.78, 5) is 15.3. The molecule has 0 radical (unpaired) electrons. The Balaban J connectivity index is 1.50. The minimum Gasteiger partial charge on any atom is -0.497 e. The summed E-state index contributed by atoms with van der Waals surface area (Å²) in [5.74, 6) is 2.20. The van der Waals surface area contributed by atoms with Crippen LogP contribution in [-0.4, -0.2) is 56.9 Å². The maximum atomic E-state index is 12.9. The fourth-order valence-electron chi connectivity index (χ4n) is 4.16. The highest BCUT2D eigenvalue weighted by molar-refractivity contribution is 5.93. The molecule has 1 unspecified atom stereocenters. The number of nitrogens with zero attached hydrogens (tertiary/aromatic N) is 2. The van der Waals surface area contributed by atoms with Crippen LogP contribution in [0.5, 0.6) is 17.2 Å². The lowest BCUT2D eigenvalue weighted by Crippen LogP contribution is -2.36. The number of benzene rings is 2. The third-order valence-electron chi connectivity index (χ3n) is 5.93. The summed E-state index contributed by atoms with van der Waals surface area (Å²) in [5.41, 5.74) is 1.98. The second-order valence-electron chi connectivity index (χ2n) is 7.89. The molecule has 1 saturated heterocycles. The molecule has 8 nitrogen and oxygen atoms in total. The first-order valence-electron chi connectivity index (χ1n) is 11.0. The third kappa shape index (κ3) is 5.12.